The second kappa shape index (κ2) is 9.02. The van der Waals surface area contributed by atoms with Crippen LogP contribution in [-0.2, 0) is 10.2 Å². The molecule has 1 heterocycles. The summed E-state index contributed by atoms with van der Waals surface area (Å²) in [7, 11) is 1.78. The highest BCUT2D eigenvalue weighted by molar-refractivity contribution is 5.79. The van der Waals surface area contributed by atoms with E-state index >= 15 is 0 Å². The molecule has 1 aliphatic rings. The molecule has 1 saturated heterocycles. The van der Waals surface area contributed by atoms with E-state index in [1.807, 2.05) is 6.07 Å². The molecule has 1 aromatic rings. The second-order valence-corrected chi connectivity index (χ2v) is 6.94. The highest BCUT2D eigenvalue weighted by Gasteiger charge is 2.34. The van der Waals surface area contributed by atoms with Crippen LogP contribution in [0.1, 0.15) is 38.7 Å². The van der Waals surface area contributed by atoms with Crippen LogP contribution in [0.4, 0.5) is 4.39 Å². The van der Waals surface area contributed by atoms with Crippen LogP contribution >= 0.6 is 0 Å². The number of nitrogens with zero attached hydrogens (tertiary/aromatic N) is 1. The van der Waals surface area contributed by atoms with E-state index in [-0.39, 0.29) is 11.2 Å². The number of nitrogens with one attached hydrogen (secondary N) is 2. The van der Waals surface area contributed by atoms with Crippen molar-refractivity contribution in [3.8, 4) is 0 Å². The zero-order chi connectivity index (χ0) is 17.4. The Kier molecular flexibility index (Phi) is 7.03. The highest BCUT2D eigenvalue weighted by atomic mass is 19.1. The lowest BCUT2D eigenvalue weighted by Gasteiger charge is -2.38. The molecule has 0 aliphatic carbocycles. The number of rotatable bonds is 6. The quantitative estimate of drug-likeness (QED) is 0.620. The summed E-state index contributed by atoms with van der Waals surface area (Å²) in [4.78, 5) is 4.30. The Morgan fingerprint density at radius 1 is 1.29 bits per heavy atom. The van der Waals surface area contributed by atoms with E-state index in [1.54, 1.807) is 19.2 Å². The zero-order valence-electron chi connectivity index (χ0n) is 15.1. The average Bonchev–Trinajstić information content (AvgIpc) is 2.58. The van der Waals surface area contributed by atoms with Crippen molar-refractivity contribution < 1.29 is 9.13 Å². The van der Waals surface area contributed by atoms with Crippen LogP contribution < -0.4 is 10.6 Å². The monoisotopic (exact) mass is 335 g/mol. The fourth-order valence-corrected chi connectivity index (χ4v) is 3.10. The molecule has 1 aliphatic heterocycles. The van der Waals surface area contributed by atoms with Gasteiger partial charge in [-0.3, -0.25) is 4.99 Å². The fraction of sp³-hybridized carbons (Fsp3) is 0.632. The van der Waals surface area contributed by atoms with Crippen molar-refractivity contribution in [3.63, 3.8) is 0 Å². The number of benzene rings is 1. The molecule has 1 fully saturated rings. The minimum atomic E-state index is -0.183. The number of ether oxygens (including phenoxy) is 1. The van der Waals surface area contributed by atoms with Crippen molar-refractivity contribution in [1.29, 1.82) is 0 Å². The standard InChI is InChI=1S/C19H30FN3O/c1-15(2)7-10-22-18(21-3)23-14-19(8-11-24-12-9-19)16-5-4-6-17(20)13-16/h4-6,13,15H,7-12,14H2,1-3H3,(H2,21,22,23). The lowest BCUT2D eigenvalue weighted by Crippen LogP contribution is -2.48. The summed E-state index contributed by atoms with van der Waals surface area (Å²) >= 11 is 0. The van der Waals surface area contributed by atoms with Crippen LogP contribution in [-0.4, -0.2) is 39.3 Å². The summed E-state index contributed by atoms with van der Waals surface area (Å²) in [6, 6.07) is 6.96. The first-order valence-electron chi connectivity index (χ1n) is 8.84. The summed E-state index contributed by atoms with van der Waals surface area (Å²) in [6.45, 7) is 7.45. The van der Waals surface area contributed by atoms with Crippen molar-refractivity contribution >= 4 is 5.96 Å². The van der Waals surface area contributed by atoms with Crippen LogP contribution in [0.3, 0.4) is 0 Å². The number of aliphatic imine (C=N–C) groups is 1. The maximum absolute atomic E-state index is 13.7. The normalized spacial score (nSPS) is 17.8. The molecule has 0 saturated carbocycles. The Morgan fingerprint density at radius 2 is 2.04 bits per heavy atom. The van der Waals surface area contributed by atoms with E-state index < -0.39 is 0 Å². The predicted molar refractivity (Wildman–Crippen MR) is 97.0 cm³/mol. The molecule has 0 amide bonds. The Morgan fingerprint density at radius 3 is 2.67 bits per heavy atom. The van der Waals surface area contributed by atoms with Crippen molar-refractivity contribution in [2.75, 3.05) is 33.4 Å². The SMILES string of the molecule is CN=C(NCCC(C)C)NCC1(c2cccc(F)c2)CCOCC1. The lowest BCUT2D eigenvalue weighted by molar-refractivity contribution is 0.0513. The molecule has 0 unspecified atom stereocenters. The summed E-state index contributed by atoms with van der Waals surface area (Å²) in [5, 5.41) is 6.79. The third kappa shape index (κ3) is 5.20. The predicted octanol–water partition coefficient (Wildman–Crippen LogP) is 3.09. The van der Waals surface area contributed by atoms with E-state index in [2.05, 4.69) is 29.5 Å². The van der Waals surface area contributed by atoms with Gasteiger partial charge in [-0.25, -0.2) is 4.39 Å². The maximum atomic E-state index is 13.7. The summed E-state index contributed by atoms with van der Waals surface area (Å²) in [5.41, 5.74) is 0.923. The molecule has 2 N–H and O–H groups in total. The molecule has 24 heavy (non-hydrogen) atoms. The molecule has 0 atom stereocenters. The number of hydrogen-bond acceptors (Lipinski definition) is 2. The highest BCUT2D eigenvalue weighted by Crippen LogP contribution is 2.34. The Hall–Kier alpha value is -1.62. The van der Waals surface area contributed by atoms with Crippen molar-refractivity contribution in [1.82, 2.24) is 10.6 Å². The lowest BCUT2D eigenvalue weighted by atomic mass is 9.74. The van der Waals surface area contributed by atoms with Gasteiger partial charge in [-0.1, -0.05) is 26.0 Å². The molecule has 4 nitrogen and oxygen atoms in total. The molecule has 134 valence electrons. The summed E-state index contributed by atoms with van der Waals surface area (Å²) in [5.74, 6) is 1.28. The van der Waals surface area contributed by atoms with Gasteiger partial charge in [-0.05, 0) is 42.9 Å². The van der Waals surface area contributed by atoms with Gasteiger partial charge < -0.3 is 15.4 Å². The van der Waals surface area contributed by atoms with Crippen molar-refractivity contribution in [3.05, 3.63) is 35.6 Å². The van der Waals surface area contributed by atoms with E-state index in [0.717, 1.165) is 43.9 Å². The molecule has 0 radical (unpaired) electrons. The van der Waals surface area contributed by atoms with E-state index in [4.69, 9.17) is 4.74 Å². The first kappa shape index (κ1) is 18.7. The van der Waals surface area contributed by atoms with E-state index in [1.165, 1.54) is 6.07 Å². The minimum absolute atomic E-state index is 0.115. The summed E-state index contributed by atoms with van der Waals surface area (Å²) in [6.07, 6.45) is 2.86. The van der Waals surface area contributed by atoms with Gasteiger partial charge in [0.1, 0.15) is 5.82 Å². The van der Waals surface area contributed by atoms with Gasteiger partial charge in [0.05, 0.1) is 0 Å². The maximum Gasteiger partial charge on any atom is 0.191 e. The van der Waals surface area contributed by atoms with Gasteiger partial charge >= 0.3 is 0 Å². The van der Waals surface area contributed by atoms with Gasteiger partial charge in [0.2, 0.25) is 0 Å². The second-order valence-electron chi connectivity index (χ2n) is 6.94. The van der Waals surface area contributed by atoms with Gasteiger partial charge in [-0.2, -0.15) is 0 Å². The van der Waals surface area contributed by atoms with Gasteiger partial charge in [0, 0.05) is 38.8 Å². The van der Waals surface area contributed by atoms with Crippen LogP contribution in [0, 0.1) is 11.7 Å². The molecule has 5 heteroatoms. The first-order chi connectivity index (χ1) is 11.6. The van der Waals surface area contributed by atoms with Gasteiger partial charge in [0.25, 0.3) is 0 Å². The minimum Gasteiger partial charge on any atom is -0.381 e. The van der Waals surface area contributed by atoms with Gasteiger partial charge in [0.15, 0.2) is 5.96 Å². The average molecular weight is 335 g/mol. The Bertz CT molecular complexity index is 539. The summed E-state index contributed by atoms with van der Waals surface area (Å²) < 4.78 is 19.2. The topological polar surface area (TPSA) is 45.7 Å². The van der Waals surface area contributed by atoms with Crippen LogP contribution in [0.5, 0.6) is 0 Å². The van der Waals surface area contributed by atoms with Crippen LogP contribution in [0.2, 0.25) is 0 Å². The fourth-order valence-electron chi connectivity index (χ4n) is 3.10. The molecule has 2 rings (SSSR count). The van der Waals surface area contributed by atoms with Crippen LogP contribution in [0.15, 0.2) is 29.3 Å². The van der Waals surface area contributed by atoms with E-state index in [9.17, 15) is 4.39 Å². The Labute approximate surface area is 144 Å². The van der Waals surface area contributed by atoms with E-state index in [0.29, 0.717) is 19.1 Å². The molecule has 0 bridgehead atoms. The smallest absolute Gasteiger partial charge is 0.191 e. The molecular weight excluding hydrogens is 305 g/mol. The largest absolute Gasteiger partial charge is 0.381 e. The third-order valence-corrected chi connectivity index (χ3v) is 4.72. The molecule has 0 aromatic heterocycles. The third-order valence-electron chi connectivity index (χ3n) is 4.72. The first-order valence-corrected chi connectivity index (χ1v) is 8.84. The number of halogens is 1. The molecular formula is C19H30FN3O. The molecule has 1 aromatic carbocycles. The molecule has 0 spiro atoms. The Balaban J connectivity index is 2.03. The number of hydrogen-bond donors (Lipinski definition) is 2. The zero-order valence-corrected chi connectivity index (χ0v) is 15.1. The van der Waals surface area contributed by atoms with Crippen molar-refractivity contribution in [2.24, 2.45) is 10.9 Å². The van der Waals surface area contributed by atoms with Crippen LogP contribution in [0.25, 0.3) is 0 Å². The number of guanidine groups is 1. The van der Waals surface area contributed by atoms with Gasteiger partial charge in [-0.15, -0.1) is 0 Å². The van der Waals surface area contributed by atoms with Crippen molar-refractivity contribution in [2.45, 2.75) is 38.5 Å².